The number of hydrazone groups is 1. The van der Waals surface area contributed by atoms with Crippen LogP contribution in [0.25, 0.3) is 10.9 Å². The van der Waals surface area contributed by atoms with E-state index >= 15 is 0 Å². The molecule has 1 aliphatic rings. The van der Waals surface area contributed by atoms with Gasteiger partial charge in [-0.2, -0.15) is 5.10 Å². The fourth-order valence-corrected chi connectivity index (χ4v) is 5.92. The number of methoxy groups -OCH3 is 1. The molecule has 246 valence electrons. The first-order valence-electron chi connectivity index (χ1n) is 14.9. The van der Waals surface area contributed by atoms with Crippen molar-refractivity contribution in [1.82, 2.24) is 20.6 Å². The van der Waals surface area contributed by atoms with Gasteiger partial charge in [-0.25, -0.2) is 9.59 Å². The Morgan fingerprint density at radius 3 is 2.64 bits per heavy atom. The zero-order valence-corrected chi connectivity index (χ0v) is 27.8. The topological polar surface area (TPSA) is 135 Å². The Labute approximate surface area is 282 Å². The Morgan fingerprint density at radius 1 is 1.11 bits per heavy atom. The van der Waals surface area contributed by atoms with Crippen LogP contribution in [0.15, 0.2) is 77.0 Å². The summed E-state index contributed by atoms with van der Waals surface area (Å²) in [7, 11) is 1.28. The first kappa shape index (κ1) is 33.6. The van der Waals surface area contributed by atoms with E-state index in [1.165, 1.54) is 7.11 Å². The van der Waals surface area contributed by atoms with E-state index in [0.717, 1.165) is 27.7 Å². The number of carbonyl (C=O) groups is 2. The van der Waals surface area contributed by atoms with Gasteiger partial charge in [-0.15, -0.1) is 0 Å². The number of hydrogen-bond donors (Lipinski definition) is 4. The van der Waals surface area contributed by atoms with Gasteiger partial charge in [0.05, 0.1) is 31.5 Å². The Hall–Kier alpha value is -4.71. The number of aromatic nitrogens is 1. The summed E-state index contributed by atoms with van der Waals surface area (Å²) in [6, 6.07) is 17.3. The fraction of sp³-hybridized carbons (Fsp3) is 0.265. The van der Waals surface area contributed by atoms with Gasteiger partial charge in [0.15, 0.2) is 17.7 Å². The van der Waals surface area contributed by atoms with Crippen LogP contribution in [0.4, 0.5) is 4.79 Å². The molecular weight excluding hydrogens is 645 g/mol. The molecule has 13 heteroatoms. The normalized spacial score (nSPS) is 15.4. The lowest BCUT2D eigenvalue weighted by atomic mass is 9.95. The van der Waals surface area contributed by atoms with Crippen molar-refractivity contribution < 1.29 is 28.9 Å². The Kier molecular flexibility index (Phi) is 10.6. The summed E-state index contributed by atoms with van der Waals surface area (Å²) < 4.78 is 18.8. The molecule has 1 aliphatic heterocycles. The SMILES string of the molecule is CCOc1cc([C@@H]2NC(=O)NC(C)=C2C(=O)OC)ccc1OC[C@H](O)N/N=C/c1c(C)n(Cc2ccc(Cl)cc2Cl)c2ccccc12. The molecule has 1 aromatic heterocycles. The highest BCUT2D eigenvalue weighted by Crippen LogP contribution is 2.35. The standard InChI is InChI=1S/C34H35Cl2N5O6/c1-5-46-29-14-21(32-31(33(43)45-4)19(2)38-34(44)39-32)11-13-28(29)47-18-30(42)40-37-16-25-20(3)41(27-9-7-6-8-24(25)27)17-22-10-12-23(35)15-26(22)36/h6-16,30,32,40,42H,5,17-18H2,1-4H3,(H2,38,39,44)/b37-16+/t30-,32-/m0/s1. The summed E-state index contributed by atoms with van der Waals surface area (Å²) in [5, 5.41) is 22.5. The lowest BCUT2D eigenvalue weighted by Gasteiger charge is -2.28. The predicted octanol–water partition coefficient (Wildman–Crippen LogP) is 5.83. The second kappa shape index (κ2) is 14.8. The predicted molar refractivity (Wildman–Crippen MR) is 181 cm³/mol. The van der Waals surface area contributed by atoms with Gasteiger partial charge in [0.25, 0.3) is 0 Å². The van der Waals surface area contributed by atoms with E-state index in [1.54, 1.807) is 37.4 Å². The number of para-hydroxylation sites is 1. The summed E-state index contributed by atoms with van der Waals surface area (Å²) in [4.78, 5) is 24.7. The third kappa shape index (κ3) is 7.48. The Morgan fingerprint density at radius 2 is 1.89 bits per heavy atom. The van der Waals surface area contributed by atoms with E-state index in [4.69, 9.17) is 37.4 Å². The van der Waals surface area contributed by atoms with Crippen molar-refractivity contribution >= 4 is 52.3 Å². The molecule has 0 saturated carbocycles. The number of nitrogens with zero attached hydrogens (tertiary/aromatic N) is 2. The minimum atomic E-state index is -1.15. The summed E-state index contributed by atoms with van der Waals surface area (Å²) in [6.07, 6.45) is 0.519. The number of carbonyl (C=O) groups excluding carboxylic acids is 2. The van der Waals surface area contributed by atoms with Crippen molar-refractivity contribution in [3.63, 3.8) is 0 Å². The molecule has 4 aromatic rings. The van der Waals surface area contributed by atoms with Gasteiger partial charge in [-0.05, 0) is 62.2 Å². The summed E-state index contributed by atoms with van der Waals surface area (Å²) >= 11 is 12.6. The number of urea groups is 1. The molecule has 2 amide bonds. The monoisotopic (exact) mass is 679 g/mol. The second-order valence-electron chi connectivity index (χ2n) is 10.8. The van der Waals surface area contributed by atoms with Crippen LogP contribution in [0, 0.1) is 6.92 Å². The average molecular weight is 681 g/mol. The van der Waals surface area contributed by atoms with Gasteiger partial charge >= 0.3 is 12.0 Å². The first-order valence-corrected chi connectivity index (χ1v) is 15.6. The third-order valence-electron chi connectivity index (χ3n) is 7.71. The highest BCUT2D eigenvalue weighted by atomic mass is 35.5. The summed E-state index contributed by atoms with van der Waals surface area (Å²) in [6.45, 7) is 6.19. The molecule has 2 atom stereocenters. The molecule has 0 unspecified atom stereocenters. The number of amides is 2. The number of esters is 1. The van der Waals surface area contributed by atoms with Gasteiger partial charge in [0.2, 0.25) is 0 Å². The van der Waals surface area contributed by atoms with Crippen molar-refractivity contribution in [1.29, 1.82) is 0 Å². The van der Waals surface area contributed by atoms with Crippen molar-refractivity contribution in [3.8, 4) is 11.5 Å². The minimum absolute atomic E-state index is 0.150. The molecule has 11 nitrogen and oxygen atoms in total. The lowest BCUT2D eigenvalue weighted by Crippen LogP contribution is -2.45. The molecule has 47 heavy (non-hydrogen) atoms. The van der Waals surface area contributed by atoms with Crippen LogP contribution in [-0.4, -0.2) is 54.4 Å². The molecule has 0 aliphatic carbocycles. The zero-order valence-electron chi connectivity index (χ0n) is 26.3. The molecular formula is C34H35Cl2N5O6. The van der Waals surface area contributed by atoms with Gasteiger partial charge in [0, 0.05) is 44.4 Å². The smallest absolute Gasteiger partial charge is 0.337 e. The molecule has 4 N–H and O–H groups in total. The van der Waals surface area contributed by atoms with E-state index in [0.29, 0.717) is 46.0 Å². The molecule has 0 bridgehead atoms. The van der Waals surface area contributed by atoms with Crippen LogP contribution in [0.3, 0.4) is 0 Å². The number of benzene rings is 3. The molecule has 3 aromatic carbocycles. The van der Waals surface area contributed by atoms with Crippen LogP contribution < -0.4 is 25.5 Å². The fourth-order valence-electron chi connectivity index (χ4n) is 5.45. The van der Waals surface area contributed by atoms with Crippen molar-refractivity contribution in [2.75, 3.05) is 20.3 Å². The molecule has 2 heterocycles. The maximum Gasteiger partial charge on any atom is 0.337 e. The number of fused-ring (bicyclic) bond motifs is 1. The number of aliphatic hydroxyl groups excluding tert-OH is 1. The van der Waals surface area contributed by atoms with E-state index in [2.05, 4.69) is 25.7 Å². The summed E-state index contributed by atoms with van der Waals surface area (Å²) in [5.74, 6) is 0.166. The van der Waals surface area contributed by atoms with E-state index in [9.17, 15) is 14.7 Å². The van der Waals surface area contributed by atoms with Crippen molar-refractivity contribution in [2.24, 2.45) is 5.10 Å². The molecule has 0 saturated heterocycles. The van der Waals surface area contributed by atoms with Gasteiger partial charge in [-0.3, -0.25) is 5.43 Å². The molecule has 0 fully saturated rings. The maximum atomic E-state index is 12.5. The Balaban J connectivity index is 1.29. The van der Waals surface area contributed by atoms with Crippen molar-refractivity contribution in [2.45, 2.75) is 39.6 Å². The van der Waals surface area contributed by atoms with Crippen LogP contribution in [0.5, 0.6) is 11.5 Å². The highest BCUT2D eigenvalue weighted by Gasteiger charge is 2.32. The summed E-state index contributed by atoms with van der Waals surface area (Å²) in [5.41, 5.74) is 7.78. The van der Waals surface area contributed by atoms with Crippen LogP contribution in [0.2, 0.25) is 10.0 Å². The zero-order chi connectivity index (χ0) is 33.7. The largest absolute Gasteiger partial charge is 0.490 e. The number of ether oxygens (including phenoxy) is 3. The van der Waals surface area contributed by atoms with Gasteiger partial charge in [-0.1, -0.05) is 53.5 Å². The van der Waals surface area contributed by atoms with Gasteiger partial charge in [0.1, 0.15) is 6.61 Å². The van der Waals surface area contributed by atoms with Crippen LogP contribution in [-0.2, 0) is 16.1 Å². The average Bonchev–Trinajstić information content (AvgIpc) is 3.31. The van der Waals surface area contributed by atoms with Crippen LogP contribution in [0.1, 0.15) is 42.3 Å². The maximum absolute atomic E-state index is 12.5. The Bertz CT molecular complexity index is 1870. The van der Waals surface area contributed by atoms with Crippen molar-refractivity contribution in [3.05, 3.63) is 104 Å². The molecule has 0 spiro atoms. The third-order valence-corrected chi connectivity index (χ3v) is 8.30. The minimum Gasteiger partial charge on any atom is -0.490 e. The molecule has 5 rings (SSSR count). The molecule has 0 radical (unpaired) electrons. The highest BCUT2D eigenvalue weighted by molar-refractivity contribution is 6.35. The van der Waals surface area contributed by atoms with Gasteiger partial charge < -0.3 is 34.5 Å². The quantitative estimate of drug-likeness (QED) is 0.0641. The lowest BCUT2D eigenvalue weighted by molar-refractivity contribution is -0.136. The van der Waals surface area contributed by atoms with E-state index in [-0.39, 0.29) is 12.2 Å². The number of rotatable bonds is 12. The number of hydrogen-bond acceptors (Lipinski definition) is 8. The second-order valence-corrected chi connectivity index (χ2v) is 11.6. The van der Waals surface area contributed by atoms with E-state index < -0.39 is 24.3 Å². The number of allylic oxidation sites excluding steroid dienone is 1. The number of aliphatic hydroxyl groups is 1. The number of nitrogens with one attached hydrogen (secondary N) is 3. The number of halogens is 2. The van der Waals surface area contributed by atoms with E-state index in [1.807, 2.05) is 50.2 Å². The first-order chi connectivity index (χ1) is 22.6. The van der Waals surface area contributed by atoms with Crippen LogP contribution >= 0.6 is 23.2 Å².